The van der Waals surface area contributed by atoms with Crippen LogP contribution in [0.2, 0.25) is 5.02 Å². The second-order valence-electron chi connectivity index (χ2n) is 7.53. The molecule has 0 saturated carbocycles. The Kier molecular flexibility index (Phi) is 6.66. The Hall–Kier alpha value is -3.45. The van der Waals surface area contributed by atoms with E-state index in [0.717, 1.165) is 54.5 Å². The predicted octanol–water partition coefficient (Wildman–Crippen LogP) is 5.77. The lowest BCUT2D eigenvalue weighted by Gasteiger charge is -2.29. The number of carboxylic acids is 1. The van der Waals surface area contributed by atoms with E-state index in [1.165, 1.54) is 18.6 Å². The molecule has 0 amide bonds. The van der Waals surface area contributed by atoms with Gasteiger partial charge in [0, 0.05) is 36.6 Å². The van der Waals surface area contributed by atoms with Crippen LogP contribution in [0.1, 0.15) is 24.8 Å². The zero-order chi connectivity index (χ0) is 22.5. The van der Waals surface area contributed by atoms with Crippen LogP contribution in [0, 0.1) is 5.82 Å². The lowest BCUT2D eigenvalue weighted by Crippen LogP contribution is -2.31. The van der Waals surface area contributed by atoms with Gasteiger partial charge in [-0.05, 0) is 60.7 Å². The number of benzene rings is 2. The average molecular weight is 453 g/mol. The Labute approximate surface area is 190 Å². The number of halogens is 2. The number of nitrogens with zero attached hydrogens (tertiary/aromatic N) is 3. The number of hydrogen-bond acceptors (Lipinski definition) is 5. The lowest BCUT2D eigenvalue weighted by atomic mass is 10.0. The van der Waals surface area contributed by atoms with Gasteiger partial charge in [0.2, 0.25) is 5.95 Å². The third-order valence-electron chi connectivity index (χ3n) is 5.22. The summed E-state index contributed by atoms with van der Waals surface area (Å²) in [4.78, 5) is 22.3. The molecule has 32 heavy (non-hydrogen) atoms. The number of anilines is 3. The first kappa shape index (κ1) is 21.8. The van der Waals surface area contributed by atoms with Crippen LogP contribution < -0.4 is 10.2 Å². The standard InChI is InChI=1S/C24H22ClFN4O2/c25-20-14-18(8-9-21(20)26)28-24-27-15-19(23(29-24)30-11-2-1-3-12-30)17-6-4-5-16(13-17)7-10-22(31)32/h4-10,13-15H,1-3,11-12H2,(H,31,32)(H,27,28,29). The van der Waals surface area contributed by atoms with Crippen LogP contribution in [0.15, 0.2) is 54.7 Å². The molecule has 0 bridgehead atoms. The number of carbonyl (C=O) groups is 1. The first-order valence-corrected chi connectivity index (χ1v) is 10.7. The van der Waals surface area contributed by atoms with E-state index in [9.17, 15) is 9.18 Å². The summed E-state index contributed by atoms with van der Waals surface area (Å²) < 4.78 is 13.5. The van der Waals surface area contributed by atoms with Gasteiger partial charge in [-0.2, -0.15) is 4.98 Å². The largest absolute Gasteiger partial charge is 0.478 e. The summed E-state index contributed by atoms with van der Waals surface area (Å²) >= 11 is 5.89. The van der Waals surface area contributed by atoms with Crippen LogP contribution >= 0.6 is 11.6 Å². The van der Waals surface area contributed by atoms with Crippen molar-refractivity contribution >= 4 is 41.1 Å². The average Bonchev–Trinajstić information content (AvgIpc) is 2.81. The van der Waals surface area contributed by atoms with E-state index in [4.69, 9.17) is 21.7 Å². The van der Waals surface area contributed by atoms with Crippen molar-refractivity contribution in [3.63, 3.8) is 0 Å². The fourth-order valence-corrected chi connectivity index (χ4v) is 3.84. The quantitative estimate of drug-likeness (QED) is 0.462. The second kappa shape index (κ2) is 9.78. The van der Waals surface area contributed by atoms with Crippen molar-refractivity contribution < 1.29 is 14.3 Å². The molecule has 1 fully saturated rings. The molecule has 1 saturated heterocycles. The highest BCUT2D eigenvalue weighted by atomic mass is 35.5. The maximum absolute atomic E-state index is 13.5. The van der Waals surface area contributed by atoms with Gasteiger partial charge in [-0.3, -0.25) is 0 Å². The molecular weight excluding hydrogens is 431 g/mol. The minimum absolute atomic E-state index is 0.0223. The highest BCUT2D eigenvalue weighted by Gasteiger charge is 2.19. The SMILES string of the molecule is O=C(O)C=Cc1cccc(-c2cnc(Nc3ccc(F)c(Cl)c3)nc2N2CCCCC2)c1. The highest BCUT2D eigenvalue weighted by molar-refractivity contribution is 6.31. The Morgan fingerprint density at radius 1 is 1.16 bits per heavy atom. The molecule has 1 aliphatic rings. The molecular formula is C24H22ClFN4O2. The molecule has 4 rings (SSSR count). The van der Waals surface area contributed by atoms with E-state index in [1.54, 1.807) is 18.3 Å². The van der Waals surface area contributed by atoms with Crippen molar-refractivity contribution in [2.24, 2.45) is 0 Å². The van der Waals surface area contributed by atoms with E-state index in [0.29, 0.717) is 11.6 Å². The van der Waals surface area contributed by atoms with Crippen molar-refractivity contribution in [2.75, 3.05) is 23.3 Å². The van der Waals surface area contributed by atoms with Crippen LogP contribution in [-0.4, -0.2) is 34.1 Å². The summed E-state index contributed by atoms with van der Waals surface area (Å²) in [6.45, 7) is 1.79. The minimum Gasteiger partial charge on any atom is -0.478 e. The van der Waals surface area contributed by atoms with Crippen molar-refractivity contribution in [2.45, 2.75) is 19.3 Å². The molecule has 164 valence electrons. The molecule has 2 aromatic carbocycles. The molecule has 0 unspecified atom stereocenters. The van der Waals surface area contributed by atoms with Crippen LogP contribution in [0.25, 0.3) is 17.2 Å². The second-order valence-corrected chi connectivity index (χ2v) is 7.94. The zero-order valence-corrected chi connectivity index (χ0v) is 18.0. The topological polar surface area (TPSA) is 78.3 Å². The number of rotatable bonds is 6. The Morgan fingerprint density at radius 3 is 2.72 bits per heavy atom. The number of aromatic nitrogens is 2. The van der Waals surface area contributed by atoms with Crippen molar-refractivity contribution in [1.82, 2.24) is 9.97 Å². The van der Waals surface area contributed by atoms with Gasteiger partial charge in [0.25, 0.3) is 0 Å². The molecule has 6 nitrogen and oxygen atoms in total. The van der Waals surface area contributed by atoms with Gasteiger partial charge < -0.3 is 15.3 Å². The van der Waals surface area contributed by atoms with E-state index in [1.807, 2.05) is 24.3 Å². The number of piperidine rings is 1. The van der Waals surface area contributed by atoms with Crippen molar-refractivity contribution in [1.29, 1.82) is 0 Å². The number of hydrogen-bond donors (Lipinski definition) is 2. The molecule has 0 spiro atoms. The summed E-state index contributed by atoms with van der Waals surface area (Å²) in [5, 5.41) is 12.0. The molecule has 0 atom stereocenters. The molecule has 0 aliphatic carbocycles. The first-order chi connectivity index (χ1) is 15.5. The normalized spacial score (nSPS) is 14.0. The third kappa shape index (κ3) is 5.23. The van der Waals surface area contributed by atoms with E-state index in [-0.39, 0.29) is 5.02 Å². The lowest BCUT2D eigenvalue weighted by molar-refractivity contribution is -0.131. The summed E-state index contributed by atoms with van der Waals surface area (Å²) in [6, 6.07) is 12.0. The Balaban J connectivity index is 1.71. The van der Waals surface area contributed by atoms with Gasteiger partial charge in [-0.25, -0.2) is 14.2 Å². The predicted molar refractivity (Wildman–Crippen MR) is 125 cm³/mol. The summed E-state index contributed by atoms with van der Waals surface area (Å²) in [5.41, 5.74) is 3.13. The maximum Gasteiger partial charge on any atom is 0.328 e. The summed E-state index contributed by atoms with van der Waals surface area (Å²) in [7, 11) is 0. The number of aliphatic carboxylic acids is 1. The Bertz CT molecular complexity index is 1160. The molecule has 1 aromatic heterocycles. The van der Waals surface area contributed by atoms with Crippen LogP contribution in [-0.2, 0) is 4.79 Å². The monoisotopic (exact) mass is 452 g/mol. The molecule has 3 aromatic rings. The van der Waals surface area contributed by atoms with Gasteiger partial charge in [0.05, 0.1) is 5.02 Å². The third-order valence-corrected chi connectivity index (χ3v) is 5.51. The fourth-order valence-electron chi connectivity index (χ4n) is 3.66. The molecule has 0 radical (unpaired) electrons. The molecule has 2 heterocycles. The van der Waals surface area contributed by atoms with E-state index < -0.39 is 11.8 Å². The molecule has 8 heteroatoms. The fraction of sp³-hybridized carbons (Fsp3) is 0.208. The summed E-state index contributed by atoms with van der Waals surface area (Å²) in [5.74, 6) is -0.294. The summed E-state index contributed by atoms with van der Waals surface area (Å²) in [6.07, 6.45) is 7.78. The first-order valence-electron chi connectivity index (χ1n) is 10.3. The van der Waals surface area contributed by atoms with E-state index in [2.05, 4.69) is 15.2 Å². The van der Waals surface area contributed by atoms with Crippen molar-refractivity contribution in [3.8, 4) is 11.1 Å². The Morgan fingerprint density at radius 2 is 1.97 bits per heavy atom. The number of nitrogens with one attached hydrogen (secondary N) is 1. The number of carboxylic acid groups (broad SMARTS) is 1. The maximum atomic E-state index is 13.5. The van der Waals surface area contributed by atoms with Crippen molar-refractivity contribution in [3.05, 3.63) is 71.1 Å². The van der Waals surface area contributed by atoms with Gasteiger partial charge in [-0.1, -0.05) is 29.8 Å². The van der Waals surface area contributed by atoms with Gasteiger partial charge >= 0.3 is 5.97 Å². The highest BCUT2D eigenvalue weighted by Crippen LogP contribution is 2.33. The van der Waals surface area contributed by atoms with Gasteiger partial charge in [-0.15, -0.1) is 0 Å². The van der Waals surface area contributed by atoms with Crippen LogP contribution in [0.5, 0.6) is 0 Å². The zero-order valence-electron chi connectivity index (χ0n) is 17.3. The van der Waals surface area contributed by atoms with Crippen LogP contribution in [0.3, 0.4) is 0 Å². The van der Waals surface area contributed by atoms with Gasteiger partial charge in [0.1, 0.15) is 11.6 Å². The van der Waals surface area contributed by atoms with Crippen LogP contribution in [0.4, 0.5) is 21.8 Å². The smallest absolute Gasteiger partial charge is 0.328 e. The molecule has 1 aliphatic heterocycles. The minimum atomic E-state index is -0.996. The van der Waals surface area contributed by atoms with E-state index >= 15 is 0 Å². The van der Waals surface area contributed by atoms with Gasteiger partial charge in [0.15, 0.2) is 0 Å². The molecule has 2 N–H and O–H groups in total.